The molecule has 0 atom stereocenters. The van der Waals surface area contributed by atoms with Gasteiger partial charge in [0.1, 0.15) is 5.75 Å². The van der Waals surface area contributed by atoms with E-state index in [1.807, 2.05) is 31.3 Å². The summed E-state index contributed by atoms with van der Waals surface area (Å²) in [5.74, 6) is 0.690. The average Bonchev–Trinajstić information content (AvgIpc) is 2.53. The molecular weight excluding hydrogens is 256 g/mol. The summed E-state index contributed by atoms with van der Waals surface area (Å²) in [6.07, 6.45) is 1.79. The molecule has 0 aromatic heterocycles. The highest BCUT2D eigenvalue weighted by Gasteiger charge is 2.22. The summed E-state index contributed by atoms with van der Waals surface area (Å²) < 4.78 is 10.8. The third kappa shape index (κ3) is 3.95. The molecule has 1 heterocycles. The Morgan fingerprint density at radius 3 is 2.60 bits per heavy atom. The quantitative estimate of drug-likeness (QED) is 0.878. The molecular formula is C15H22N2O3. The Bertz CT molecular complexity index is 427. The van der Waals surface area contributed by atoms with E-state index in [4.69, 9.17) is 15.2 Å². The number of amides is 1. The van der Waals surface area contributed by atoms with E-state index in [1.54, 1.807) is 4.90 Å². The first-order valence-electron chi connectivity index (χ1n) is 6.96. The molecule has 1 saturated heterocycles. The van der Waals surface area contributed by atoms with Crippen LogP contribution in [0, 0.1) is 0 Å². The molecule has 0 saturated carbocycles. The number of benzene rings is 1. The molecule has 1 aromatic carbocycles. The van der Waals surface area contributed by atoms with E-state index in [0.717, 1.165) is 31.6 Å². The van der Waals surface area contributed by atoms with Crippen molar-refractivity contribution in [2.75, 3.05) is 26.9 Å². The average molecular weight is 278 g/mol. The molecule has 0 unspecified atom stereocenters. The molecule has 5 nitrogen and oxygen atoms in total. The molecule has 1 aromatic rings. The van der Waals surface area contributed by atoms with E-state index in [9.17, 15) is 4.79 Å². The van der Waals surface area contributed by atoms with Gasteiger partial charge in [-0.05, 0) is 30.5 Å². The van der Waals surface area contributed by atoms with Crippen LogP contribution < -0.4 is 10.5 Å². The smallest absolute Gasteiger partial charge is 0.260 e. The highest BCUT2D eigenvalue weighted by Crippen LogP contribution is 2.15. The van der Waals surface area contributed by atoms with Crippen LogP contribution in [-0.4, -0.2) is 43.7 Å². The molecule has 2 rings (SSSR count). The number of carbonyl (C=O) groups is 1. The Hall–Kier alpha value is -1.59. The van der Waals surface area contributed by atoms with Gasteiger partial charge in [0.15, 0.2) is 6.61 Å². The van der Waals surface area contributed by atoms with Crippen LogP contribution >= 0.6 is 0 Å². The van der Waals surface area contributed by atoms with Crippen LogP contribution in [0.1, 0.15) is 18.4 Å². The number of carbonyl (C=O) groups excluding carboxylic acids is 1. The molecule has 0 spiro atoms. The van der Waals surface area contributed by atoms with Gasteiger partial charge in [0.25, 0.3) is 5.91 Å². The third-order valence-corrected chi connectivity index (χ3v) is 3.65. The van der Waals surface area contributed by atoms with Crippen molar-refractivity contribution >= 4 is 5.91 Å². The van der Waals surface area contributed by atoms with Crippen molar-refractivity contribution in [3.05, 3.63) is 29.8 Å². The van der Waals surface area contributed by atoms with Gasteiger partial charge >= 0.3 is 0 Å². The predicted octanol–water partition coefficient (Wildman–Crippen LogP) is 1.16. The lowest BCUT2D eigenvalue weighted by Crippen LogP contribution is -2.42. The monoisotopic (exact) mass is 278 g/mol. The van der Waals surface area contributed by atoms with Gasteiger partial charge in [-0.15, -0.1) is 0 Å². The van der Waals surface area contributed by atoms with Crippen molar-refractivity contribution in [3.8, 4) is 5.75 Å². The number of rotatable bonds is 5. The summed E-state index contributed by atoms with van der Waals surface area (Å²) in [6.45, 7) is 2.02. The van der Waals surface area contributed by atoms with E-state index in [2.05, 4.69) is 0 Å². The van der Waals surface area contributed by atoms with E-state index < -0.39 is 0 Å². The fourth-order valence-corrected chi connectivity index (χ4v) is 2.24. The highest BCUT2D eigenvalue weighted by molar-refractivity contribution is 5.77. The molecule has 0 aliphatic carbocycles. The number of ether oxygens (including phenoxy) is 2. The largest absolute Gasteiger partial charge is 0.484 e. The summed E-state index contributed by atoms with van der Waals surface area (Å²) in [5.41, 5.74) is 6.58. The molecule has 1 fully saturated rings. The molecule has 1 aliphatic rings. The Kier molecular flexibility index (Phi) is 5.38. The van der Waals surface area contributed by atoms with E-state index in [0.29, 0.717) is 12.3 Å². The maximum Gasteiger partial charge on any atom is 0.260 e. The normalized spacial score (nSPS) is 15.9. The van der Waals surface area contributed by atoms with Gasteiger partial charge in [0.05, 0.1) is 0 Å². The van der Waals surface area contributed by atoms with Gasteiger partial charge in [-0.1, -0.05) is 12.1 Å². The zero-order chi connectivity index (χ0) is 14.4. The van der Waals surface area contributed by atoms with E-state index in [-0.39, 0.29) is 18.6 Å². The second-order valence-electron chi connectivity index (χ2n) is 4.98. The zero-order valence-electron chi connectivity index (χ0n) is 11.9. The zero-order valence-corrected chi connectivity index (χ0v) is 11.9. The van der Waals surface area contributed by atoms with Crippen molar-refractivity contribution in [1.29, 1.82) is 0 Å². The van der Waals surface area contributed by atoms with Gasteiger partial charge in [-0.2, -0.15) is 0 Å². The first-order chi connectivity index (χ1) is 9.70. The van der Waals surface area contributed by atoms with Crippen LogP contribution in [0.3, 0.4) is 0 Å². The standard InChI is InChI=1S/C15H22N2O3/c1-17(13-6-8-19-9-7-13)15(18)11-20-14-4-2-12(10-16)3-5-14/h2-5,13H,6-11,16H2,1H3. The Labute approximate surface area is 119 Å². The maximum absolute atomic E-state index is 12.1. The number of hydrogen-bond acceptors (Lipinski definition) is 4. The van der Waals surface area contributed by atoms with Crippen LogP contribution in [0.2, 0.25) is 0 Å². The third-order valence-electron chi connectivity index (χ3n) is 3.65. The fraction of sp³-hybridized carbons (Fsp3) is 0.533. The van der Waals surface area contributed by atoms with Gasteiger partial charge in [-0.25, -0.2) is 0 Å². The number of nitrogens with zero attached hydrogens (tertiary/aromatic N) is 1. The molecule has 5 heteroatoms. The highest BCUT2D eigenvalue weighted by atomic mass is 16.5. The Balaban J connectivity index is 1.81. The Morgan fingerprint density at radius 2 is 2.00 bits per heavy atom. The fourth-order valence-electron chi connectivity index (χ4n) is 2.24. The van der Waals surface area contributed by atoms with Crippen molar-refractivity contribution < 1.29 is 14.3 Å². The first kappa shape index (κ1) is 14.8. The minimum atomic E-state index is -0.000184. The van der Waals surface area contributed by atoms with Gasteiger partial charge in [-0.3, -0.25) is 4.79 Å². The molecule has 0 bridgehead atoms. The lowest BCUT2D eigenvalue weighted by Gasteiger charge is -2.31. The van der Waals surface area contributed by atoms with Crippen molar-refractivity contribution in [1.82, 2.24) is 4.90 Å². The number of hydrogen-bond donors (Lipinski definition) is 1. The van der Waals surface area contributed by atoms with Crippen molar-refractivity contribution in [2.24, 2.45) is 5.73 Å². The maximum atomic E-state index is 12.1. The summed E-state index contributed by atoms with van der Waals surface area (Å²) >= 11 is 0. The van der Waals surface area contributed by atoms with Crippen LogP contribution in [0.4, 0.5) is 0 Å². The number of nitrogens with two attached hydrogens (primary N) is 1. The summed E-state index contributed by atoms with van der Waals surface area (Å²) in [4.78, 5) is 13.9. The molecule has 1 aliphatic heterocycles. The summed E-state index contributed by atoms with van der Waals surface area (Å²) in [6, 6.07) is 7.75. The lowest BCUT2D eigenvalue weighted by molar-refractivity contribution is -0.135. The van der Waals surface area contributed by atoms with Crippen molar-refractivity contribution in [3.63, 3.8) is 0 Å². The SMILES string of the molecule is CN(C(=O)COc1ccc(CN)cc1)C1CCOCC1. The second kappa shape index (κ2) is 7.26. The number of likely N-dealkylation sites (N-methyl/N-ethyl adjacent to an activating group) is 1. The second-order valence-corrected chi connectivity index (χ2v) is 4.98. The lowest BCUT2D eigenvalue weighted by atomic mass is 10.1. The molecule has 0 radical (unpaired) electrons. The summed E-state index contributed by atoms with van der Waals surface area (Å²) in [5, 5.41) is 0. The first-order valence-corrected chi connectivity index (χ1v) is 6.96. The van der Waals surface area contributed by atoms with Crippen LogP contribution in [0.5, 0.6) is 5.75 Å². The van der Waals surface area contributed by atoms with Crippen LogP contribution in [0.15, 0.2) is 24.3 Å². The van der Waals surface area contributed by atoms with Gasteiger partial charge < -0.3 is 20.1 Å². The topological polar surface area (TPSA) is 64.8 Å². The predicted molar refractivity (Wildman–Crippen MR) is 76.4 cm³/mol. The van der Waals surface area contributed by atoms with E-state index >= 15 is 0 Å². The Morgan fingerprint density at radius 1 is 1.35 bits per heavy atom. The summed E-state index contributed by atoms with van der Waals surface area (Å²) in [7, 11) is 1.83. The minimum Gasteiger partial charge on any atom is -0.484 e. The minimum absolute atomic E-state index is 0.000184. The molecule has 2 N–H and O–H groups in total. The van der Waals surface area contributed by atoms with E-state index in [1.165, 1.54) is 0 Å². The van der Waals surface area contributed by atoms with Gasteiger partial charge in [0.2, 0.25) is 0 Å². The van der Waals surface area contributed by atoms with Gasteiger partial charge in [0, 0.05) is 32.8 Å². The molecule has 1 amide bonds. The molecule has 20 heavy (non-hydrogen) atoms. The van der Waals surface area contributed by atoms with Crippen molar-refractivity contribution in [2.45, 2.75) is 25.4 Å². The molecule has 110 valence electrons. The van der Waals surface area contributed by atoms with Crippen LogP contribution in [-0.2, 0) is 16.1 Å². The van der Waals surface area contributed by atoms with Crippen LogP contribution in [0.25, 0.3) is 0 Å².